The first-order valence-electron chi connectivity index (χ1n) is 3.40. The Hall–Kier alpha value is -1.45. The average Bonchev–Trinajstić information content (AvgIpc) is 2.04. The largest absolute Gasteiger partial charge is 0.469 e. The van der Waals surface area contributed by atoms with Gasteiger partial charge in [-0.3, -0.25) is 4.79 Å². The van der Waals surface area contributed by atoms with E-state index in [2.05, 4.69) is 9.72 Å². The van der Waals surface area contributed by atoms with Gasteiger partial charge in [0.05, 0.1) is 19.2 Å². The maximum absolute atomic E-state index is 12.5. The van der Waals surface area contributed by atoms with Crippen LogP contribution in [0.2, 0.25) is 0 Å². The summed E-state index contributed by atoms with van der Waals surface area (Å²) in [5, 5.41) is 0. The fourth-order valence-electron chi connectivity index (χ4n) is 0.769. The Morgan fingerprint density at radius 1 is 1.67 bits per heavy atom. The van der Waals surface area contributed by atoms with Crippen molar-refractivity contribution in [3.8, 4) is 0 Å². The van der Waals surface area contributed by atoms with Crippen molar-refractivity contribution in [2.75, 3.05) is 7.11 Å². The number of pyridine rings is 1. The van der Waals surface area contributed by atoms with Crippen LogP contribution in [0.5, 0.6) is 0 Å². The monoisotopic (exact) mass is 169 g/mol. The van der Waals surface area contributed by atoms with Crippen LogP contribution in [0.15, 0.2) is 18.2 Å². The number of carbonyl (C=O) groups is 1. The number of ether oxygens (including phenoxy) is 1. The number of rotatable bonds is 2. The second-order valence-electron chi connectivity index (χ2n) is 2.20. The quantitative estimate of drug-likeness (QED) is 0.488. The Morgan fingerprint density at radius 2 is 2.42 bits per heavy atom. The van der Waals surface area contributed by atoms with Gasteiger partial charge in [-0.2, -0.15) is 4.39 Å². The molecule has 64 valence electrons. The van der Waals surface area contributed by atoms with Gasteiger partial charge in [0.25, 0.3) is 0 Å². The summed E-state index contributed by atoms with van der Waals surface area (Å²) in [6.45, 7) is 0. The molecule has 0 aliphatic rings. The topological polar surface area (TPSA) is 39.2 Å². The van der Waals surface area contributed by atoms with Crippen molar-refractivity contribution >= 4 is 5.97 Å². The van der Waals surface area contributed by atoms with E-state index in [1.165, 1.54) is 19.2 Å². The highest BCUT2D eigenvalue weighted by molar-refractivity contribution is 5.71. The summed E-state index contributed by atoms with van der Waals surface area (Å²) in [7, 11) is 1.28. The van der Waals surface area contributed by atoms with Crippen LogP contribution in [0, 0.1) is 5.95 Å². The molecule has 0 radical (unpaired) electrons. The molecule has 0 saturated heterocycles. The van der Waals surface area contributed by atoms with Crippen LogP contribution >= 0.6 is 0 Å². The molecule has 0 aliphatic carbocycles. The second kappa shape index (κ2) is 3.80. The molecule has 0 fully saturated rings. The standard InChI is InChI=1S/C8H8FNO2/c1-12-8(11)5-6-3-2-4-7(9)10-6/h2-4H,5H2,1H3. The van der Waals surface area contributed by atoms with E-state index in [1.54, 1.807) is 6.07 Å². The van der Waals surface area contributed by atoms with Gasteiger partial charge in [-0.1, -0.05) is 6.07 Å². The zero-order valence-corrected chi connectivity index (χ0v) is 6.58. The lowest BCUT2D eigenvalue weighted by molar-refractivity contribution is -0.139. The maximum atomic E-state index is 12.5. The van der Waals surface area contributed by atoms with Gasteiger partial charge in [0, 0.05) is 0 Å². The normalized spacial score (nSPS) is 9.50. The summed E-state index contributed by atoms with van der Waals surface area (Å²) < 4.78 is 16.9. The highest BCUT2D eigenvalue weighted by atomic mass is 19.1. The first-order chi connectivity index (χ1) is 5.72. The SMILES string of the molecule is COC(=O)Cc1cccc(F)n1. The molecule has 3 nitrogen and oxygen atoms in total. The molecule has 0 spiro atoms. The minimum absolute atomic E-state index is 0.00819. The van der Waals surface area contributed by atoms with Crippen molar-refractivity contribution in [2.45, 2.75) is 6.42 Å². The summed E-state index contributed by atoms with van der Waals surface area (Å²) in [6, 6.07) is 4.29. The van der Waals surface area contributed by atoms with Gasteiger partial charge in [-0.15, -0.1) is 0 Å². The van der Waals surface area contributed by atoms with Gasteiger partial charge in [-0.25, -0.2) is 4.98 Å². The molecule has 0 aromatic carbocycles. The molecular weight excluding hydrogens is 161 g/mol. The number of nitrogens with zero attached hydrogens (tertiary/aromatic N) is 1. The van der Waals surface area contributed by atoms with Gasteiger partial charge in [0.2, 0.25) is 5.95 Å². The fraction of sp³-hybridized carbons (Fsp3) is 0.250. The number of hydrogen-bond acceptors (Lipinski definition) is 3. The summed E-state index contributed by atoms with van der Waals surface area (Å²) >= 11 is 0. The highest BCUT2D eigenvalue weighted by Gasteiger charge is 2.03. The van der Waals surface area contributed by atoms with Gasteiger partial charge >= 0.3 is 5.97 Å². The molecule has 1 aromatic heterocycles. The third-order valence-corrected chi connectivity index (χ3v) is 1.33. The lowest BCUT2D eigenvalue weighted by Crippen LogP contribution is -2.06. The Bertz CT molecular complexity index is 288. The Balaban J connectivity index is 2.69. The van der Waals surface area contributed by atoms with Crippen molar-refractivity contribution in [2.24, 2.45) is 0 Å². The van der Waals surface area contributed by atoms with E-state index < -0.39 is 11.9 Å². The number of carbonyl (C=O) groups excluding carboxylic acids is 1. The summed E-state index contributed by atoms with van der Waals surface area (Å²) in [5.41, 5.74) is 0.377. The number of methoxy groups -OCH3 is 1. The summed E-state index contributed by atoms with van der Waals surface area (Å²) in [5.74, 6) is -1.01. The molecule has 12 heavy (non-hydrogen) atoms. The highest BCUT2D eigenvalue weighted by Crippen LogP contribution is 1.99. The van der Waals surface area contributed by atoms with Crippen LogP contribution in [0.4, 0.5) is 4.39 Å². The third kappa shape index (κ3) is 2.30. The molecule has 0 saturated carbocycles. The van der Waals surface area contributed by atoms with Gasteiger partial charge in [0.1, 0.15) is 0 Å². The molecule has 0 N–H and O–H groups in total. The third-order valence-electron chi connectivity index (χ3n) is 1.33. The van der Waals surface area contributed by atoms with Crippen molar-refractivity contribution in [3.63, 3.8) is 0 Å². The van der Waals surface area contributed by atoms with E-state index >= 15 is 0 Å². The van der Waals surface area contributed by atoms with Crippen molar-refractivity contribution < 1.29 is 13.9 Å². The summed E-state index contributed by atoms with van der Waals surface area (Å²) in [6.07, 6.45) is 0.00819. The fourth-order valence-corrected chi connectivity index (χ4v) is 0.769. The van der Waals surface area contributed by atoms with Gasteiger partial charge < -0.3 is 4.74 Å². The number of halogens is 1. The van der Waals surface area contributed by atoms with E-state index in [0.717, 1.165) is 0 Å². The number of esters is 1. The predicted molar refractivity (Wildman–Crippen MR) is 39.9 cm³/mol. The Morgan fingerprint density at radius 3 is 3.00 bits per heavy atom. The Labute approximate surface area is 69.2 Å². The molecule has 1 heterocycles. The smallest absolute Gasteiger partial charge is 0.311 e. The van der Waals surface area contributed by atoms with Crippen LogP contribution in [-0.4, -0.2) is 18.1 Å². The zero-order valence-electron chi connectivity index (χ0n) is 6.58. The number of aromatic nitrogens is 1. The van der Waals surface area contributed by atoms with Crippen LogP contribution in [0.25, 0.3) is 0 Å². The predicted octanol–water partition coefficient (Wildman–Crippen LogP) is 0.936. The number of hydrogen-bond donors (Lipinski definition) is 0. The Kier molecular flexibility index (Phi) is 2.74. The minimum Gasteiger partial charge on any atom is -0.469 e. The average molecular weight is 169 g/mol. The van der Waals surface area contributed by atoms with E-state index in [9.17, 15) is 9.18 Å². The molecule has 0 atom stereocenters. The van der Waals surface area contributed by atoms with E-state index in [0.29, 0.717) is 5.69 Å². The zero-order chi connectivity index (χ0) is 8.97. The first kappa shape index (κ1) is 8.64. The summed E-state index contributed by atoms with van der Waals surface area (Å²) in [4.78, 5) is 14.2. The van der Waals surface area contributed by atoms with Gasteiger partial charge in [-0.05, 0) is 12.1 Å². The van der Waals surface area contributed by atoms with Crippen molar-refractivity contribution in [1.82, 2.24) is 4.98 Å². The van der Waals surface area contributed by atoms with E-state index in [4.69, 9.17) is 0 Å². The molecule has 0 amide bonds. The second-order valence-corrected chi connectivity index (χ2v) is 2.20. The molecule has 0 bridgehead atoms. The van der Waals surface area contributed by atoms with Crippen molar-refractivity contribution in [1.29, 1.82) is 0 Å². The minimum atomic E-state index is -0.587. The molecule has 1 rings (SSSR count). The lowest BCUT2D eigenvalue weighted by Gasteiger charge is -1.97. The molecule has 0 aliphatic heterocycles. The van der Waals surface area contributed by atoms with E-state index in [1.807, 2.05) is 0 Å². The molecular formula is C8H8FNO2. The van der Waals surface area contributed by atoms with Crippen molar-refractivity contribution in [3.05, 3.63) is 29.8 Å². The first-order valence-corrected chi connectivity index (χ1v) is 3.40. The van der Waals surface area contributed by atoms with Crippen LogP contribution < -0.4 is 0 Å². The maximum Gasteiger partial charge on any atom is 0.311 e. The molecule has 1 aromatic rings. The molecule has 4 heteroatoms. The lowest BCUT2D eigenvalue weighted by atomic mass is 10.3. The van der Waals surface area contributed by atoms with E-state index in [-0.39, 0.29) is 6.42 Å². The molecule has 0 unspecified atom stereocenters. The van der Waals surface area contributed by atoms with Gasteiger partial charge in [0.15, 0.2) is 0 Å². The van der Waals surface area contributed by atoms with Crippen LogP contribution in [0.3, 0.4) is 0 Å². The van der Waals surface area contributed by atoms with Crippen LogP contribution in [-0.2, 0) is 16.0 Å². The van der Waals surface area contributed by atoms with Crippen LogP contribution in [0.1, 0.15) is 5.69 Å².